The Morgan fingerprint density at radius 1 is 1.04 bits per heavy atom. The fraction of sp³-hybridized carbons (Fsp3) is 0.364. The lowest BCUT2D eigenvalue weighted by Gasteiger charge is -2.13. The molecule has 28 heavy (non-hydrogen) atoms. The molecule has 0 unspecified atom stereocenters. The zero-order chi connectivity index (χ0) is 20.5. The molecule has 0 atom stereocenters. The fourth-order valence-electron chi connectivity index (χ4n) is 2.37. The van der Waals surface area contributed by atoms with E-state index in [-0.39, 0.29) is 17.1 Å². The van der Waals surface area contributed by atoms with Crippen molar-refractivity contribution >= 4 is 28.9 Å². The van der Waals surface area contributed by atoms with E-state index >= 15 is 0 Å². The van der Waals surface area contributed by atoms with Crippen molar-refractivity contribution in [1.82, 2.24) is 5.32 Å². The Bertz CT molecular complexity index is 789. The zero-order valence-electron chi connectivity index (χ0n) is 16.8. The van der Waals surface area contributed by atoms with Gasteiger partial charge in [-0.3, -0.25) is 10.1 Å². The monoisotopic (exact) mass is 400 g/mol. The van der Waals surface area contributed by atoms with Gasteiger partial charge in [0.2, 0.25) is 0 Å². The van der Waals surface area contributed by atoms with Crippen LogP contribution in [-0.2, 0) is 0 Å². The number of amides is 1. The molecule has 0 saturated carbocycles. The van der Waals surface area contributed by atoms with Crippen LogP contribution in [0, 0.1) is 5.92 Å². The lowest BCUT2D eigenvalue weighted by Crippen LogP contribution is -2.34. The van der Waals surface area contributed by atoms with E-state index in [1.54, 1.807) is 18.2 Å². The van der Waals surface area contributed by atoms with Crippen molar-refractivity contribution < 1.29 is 14.3 Å². The second kappa shape index (κ2) is 10.7. The quantitative estimate of drug-likeness (QED) is 0.609. The van der Waals surface area contributed by atoms with Gasteiger partial charge in [0.25, 0.3) is 5.91 Å². The number of hydrogen-bond donors (Lipinski definition) is 2. The molecule has 0 radical (unpaired) electrons. The second-order valence-electron chi connectivity index (χ2n) is 7.16. The van der Waals surface area contributed by atoms with Gasteiger partial charge in [-0.05, 0) is 80.9 Å². The number of carbonyl (C=O) groups is 1. The topological polar surface area (TPSA) is 59.6 Å². The Labute approximate surface area is 172 Å². The molecule has 0 spiro atoms. The Hall–Kier alpha value is -2.60. The molecule has 0 saturated heterocycles. The van der Waals surface area contributed by atoms with Gasteiger partial charge in [0.05, 0.1) is 12.7 Å². The lowest BCUT2D eigenvalue weighted by atomic mass is 10.1. The molecule has 5 nitrogen and oxygen atoms in total. The van der Waals surface area contributed by atoms with E-state index in [9.17, 15) is 4.79 Å². The summed E-state index contributed by atoms with van der Waals surface area (Å²) in [4.78, 5) is 12.4. The molecular formula is C22H28N2O3S. The molecule has 1 amide bonds. The minimum Gasteiger partial charge on any atom is -0.494 e. The first-order chi connectivity index (χ1) is 13.3. The summed E-state index contributed by atoms with van der Waals surface area (Å²) in [6.07, 6.45) is 1.05. The number of ether oxygens (including phenoxy) is 2. The van der Waals surface area contributed by atoms with E-state index in [4.69, 9.17) is 21.7 Å². The highest BCUT2D eigenvalue weighted by Gasteiger charge is 2.10. The summed E-state index contributed by atoms with van der Waals surface area (Å²) in [5.41, 5.74) is 1.26. The van der Waals surface area contributed by atoms with Crippen LogP contribution >= 0.6 is 12.2 Å². The maximum absolute atomic E-state index is 12.4. The van der Waals surface area contributed by atoms with Crippen molar-refractivity contribution in [3.8, 4) is 11.5 Å². The van der Waals surface area contributed by atoms with E-state index in [0.717, 1.165) is 17.9 Å². The molecule has 2 aromatic carbocycles. The molecular weight excluding hydrogens is 372 g/mol. The molecule has 2 N–H and O–H groups in total. The highest BCUT2D eigenvalue weighted by Crippen LogP contribution is 2.17. The van der Waals surface area contributed by atoms with Gasteiger partial charge in [0.15, 0.2) is 5.11 Å². The average Bonchev–Trinajstić information content (AvgIpc) is 2.62. The predicted octanol–water partition coefficient (Wildman–Crippen LogP) is 5.03. The van der Waals surface area contributed by atoms with Gasteiger partial charge < -0.3 is 14.8 Å². The maximum Gasteiger partial charge on any atom is 0.257 e. The Balaban J connectivity index is 1.87. The van der Waals surface area contributed by atoms with Gasteiger partial charge in [-0.1, -0.05) is 19.9 Å². The zero-order valence-corrected chi connectivity index (χ0v) is 17.6. The number of hydrogen-bond acceptors (Lipinski definition) is 4. The molecule has 0 aliphatic carbocycles. The number of anilines is 1. The van der Waals surface area contributed by atoms with Crippen molar-refractivity contribution in [2.75, 3.05) is 11.9 Å². The van der Waals surface area contributed by atoms with E-state index in [2.05, 4.69) is 24.5 Å². The van der Waals surface area contributed by atoms with Gasteiger partial charge in [0.1, 0.15) is 11.5 Å². The summed E-state index contributed by atoms with van der Waals surface area (Å²) in [5, 5.41) is 5.92. The van der Waals surface area contributed by atoms with Gasteiger partial charge >= 0.3 is 0 Å². The largest absolute Gasteiger partial charge is 0.494 e. The van der Waals surface area contributed by atoms with Crippen LogP contribution in [0.5, 0.6) is 11.5 Å². The molecule has 0 aliphatic rings. The first-order valence-electron chi connectivity index (χ1n) is 9.45. The molecule has 0 heterocycles. The molecule has 6 heteroatoms. The first kappa shape index (κ1) is 21.7. The third kappa shape index (κ3) is 7.56. The predicted molar refractivity (Wildman–Crippen MR) is 117 cm³/mol. The highest BCUT2D eigenvalue weighted by molar-refractivity contribution is 7.80. The first-order valence-corrected chi connectivity index (χ1v) is 9.86. The summed E-state index contributed by atoms with van der Waals surface area (Å²) < 4.78 is 11.3. The third-order valence-electron chi connectivity index (χ3n) is 3.77. The smallest absolute Gasteiger partial charge is 0.257 e. The summed E-state index contributed by atoms with van der Waals surface area (Å²) >= 11 is 5.24. The Kier molecular flexibility index (Phi) is 8.26. The minimum absolute atomic E-state index is 0.0402. The van der Waals surface area contributed by atoms with Gasteiger partial charge in [-0.2, -0.15) is 0 Å². The lowest BCUT2D eigenvalue weighted by molar-refractivity contribution is 0.0977. The molecule has 2 aromatic rings. The van der Waals surface area contributed by atoms with Crippen LogP contribution < -0.4 is 20.1 Å². The third-order valence-corrected chi connectivity index (χ3v) is 3.98. The molecule has 150 valence electrons. The Morgan fingerprint density at radius 3 is 2.39 bits per heavy atom. The normalized spacial score (nSPS) is 10.6. The number of carbonyl (C=O) groups excluding carboxylic acids is 1. The van der Waals surface area contributed by atoms with Crippen LogP contribution in [0.1, 0.15) is 44.5 Å². The van der Waals surface area contributed by atoms with Crippen LogP contribution in [0.15, 0.2) is 48.5 Å². The molecule has 0 aromatic heterocycles. The summed E-state index contributed by atoms with van der Waals surface area (Å²) in [5.74, 6) is 1.78. The van der Waals surface area contributed by atoms with E-state index in [0.29, 0.717) is 23.8 Å². The van der Waals surface area contributed by atoms with Crippen LogP contribution in [0.4, 0.5) is 5.69 Å². The molecule has 0 aliphatic heterocycles. The van der Waals surface area contributed by atoms with Gasteiger partial charge in [0, 0.05) is 11.3 Å². The van der Waals surface area contributed by atoms with Crippen LogP contribution in [0.2, 0.25) is 0 Å². The van der Waals surface area contributed by atoms with E-state index in [1.807, 2.05) is 44.2 Å². The van der Waals surface area contributed by atoms with Crippen molar-refractivity contribution in [3.63, 3.8) is 0 Å². The Morgan fingerprint density at radius 2 is 1.75 bits per heavy atom. The summed E-state index contributed by atoms with van der Waals surface area (Å²) in [7, 11) is 0. The van der Waals surface area contributed by atoms with Crippen molar-refractivity contribution in [2.24, 2.45) is 5.92 Å². The molecule has 0 fully saturated rings. The van der Waals surface area contributed by atoms with Gasteiger partial charge in [-0.15, -0.1) is 0 Å². The standard InChI is InChI=1S/C22H28N2O3S/c1-15(2)12-13-26-19-10-8-18(9-11-19)23-22(28)24-21(25)17-6-5-7-20(14-17)27-16(3)4/h5-11,14-16H,12-13H2,1-4H3,(H2,23,24,25,28). The number of nitrogens with one attached hydrogen (secondary N) is 2. The average molecular weight is 401 g/mol. The van der Waals surface area contributed by atoms with Crippen LogP contribution in [0.3, 0.4) is 0 Å². The summed E-state index contributed by atoms with van der Waals surface area (Å²) in [6.45, 7) is 8.90. The highest BCUT2D eigenvalue weighted by atomic mass is 32.1. The SMILES string of the molecule is CC(C)CCOc1ccc(NC(=S)NC(=O)c2cccc(OC(C)C)c2)cc1. The van der Waals surface area contributed by atoms with Crippen molar-refractivity contribution in [2.45, 2.75) is 40.2 Å². The van der Waals surface area contributed by atoms with Crippen LogP contribution in [0.25, 0.3) is 0 Å². The van der Waals surface area contributed by atoms with Crippen molar-refractivity contribution in [3.05, 3.63) is 54.1 Å². The van der Waals surface area contributed by atoms with E-state index < -0.39 is 0 Å². The minimum atomic E-state index is -0.291. The number of thiocarbonyl (C=S) groups is 1. The fourth-order valence-corrected chi connectivity index (χ4v) is 2.58. The van der Waals surface area contributed by atoms with Crippen molar-refractivity contribution in [1.29, 1.82) is 0 Å². The second-order valence-corrected chi connectivity index (χ2v) is 7.57. The summed E-state index contributed by atoms with van der Waals surface area (Å²) in [6, 6.07) is 14.5. The number of benzene rings is 2. The number of rotatable bonds is 8. The van der Waals surface area contributed by atoms with Crippen LogP contribution in [-0.4, -0.2) is 23.7 Å². The van der Waals surface area contributed by atoms with E-state index in [1.165, 1.54) is 0 Å². The molecule has 2 rings (SSSR count). The molecule has 0 bridgehead atoms. The van der Waals surface area contributed by atoms with Gasteiger partial charge in [-0.25, -0.2) is 0 Å². The maximum atomic E-state index is 12.4.